The van der Waals surface area contributed by atoms with Crippen LogP contribution in [0.4, 0.5) is 5.69 Å². The molecule has 1 aromatic rings. The lowest BCUT2D eigenvalue weighted by Gasteiger charge is -1.97. The first-order chi connectivity index (χ1) is 5.83. The van der Waals surface area contributed by atoms with E-state index in [0.717, 1.165) is 12.2 Å². The molecule has 0 amide bonds. The minimum atomic E-state index is 0.210. The molecule has 0 spiro atoms. The van der Waals surface area contributed by atoms with Crippen molar-refractivity contribution >= 4 is 17.4 Å². The maximum absolute atomic E-state index is 8.51. The molecule has 1 heterocycles. The Bertz CT molecular complexity index is 227. The smallest absolute Gasteiger partial charge is 0.187 e. The van der Waals surface area contributed by atoms with E-state index in [2.05, 4.69) is 9.97 Å². The number of aliphatic hydroxyl groups is 1. The van der Waals surface area contributed by atoms with Crippen LogP contribution in [0.2, 0.25) is 0 Å². The molecule has 0 unspecified atom stereocenters. The summed E-state index contributed by atoms with van der Waals surface area (Å²) < 4.78 is 0. The van der Waals surface area contributed by atoms with E-state index in [9.17, 15) is 0 Å². The Hall–Kier alpha value is -0.810. The van der Waals surface area contributed by atoms with Crippen LogP contribution in [0.1, 0.15) is 6.42 Å². The molecular formula is C7H11N3OS. The van der Waals surface area contributed by atoms with Gasteiger partial charge in [0.2, 0.25) is 0 Å². The molecule has 0 atom stereocenters. The van der Waals surface area contributed by atoms with Crippen molar-refractivity contribution in [1.29, 1.82) is 0 Å². The van der Waals surface area contributed by atoms with Crippen molar-refractivity contribution in [1.82, 2.24) is 9.97 Å². The van der Waals surface area contributed by atoms with Crippen molar-refractivity contribution in [3.63, 3.8) is 0 Å². The maximum atomic E-state index is 8.51. The van der Waals surface area contributed by atoms with Gasteiger partial charge in [0, 0.05) is 12.4 Å². The van der Waals surface area contributed by atoms with E-state index in [0.29, 0.717) is 10.8 Å². The second-order valence-electron chi connectivity index (χ2n) is 2.22. The number of rotatable bonds is 4. The molecule has 5 heteroatoms. The topological polar surface area (TPSA) is 72.0 Å². The van der Waals surface area contributed by atoms with Gasteiger partial charge in [-0.1, -0.05) is 11.8 Å². The highest BCUT2D eigenvalue weighted by molar-refractivity contribution is 7.99. The first-order valence-electron chi connectivity index (χ1n) is 3.64. The van der Waals surface area contributed by atoms with Crippen LogP contribution in [0.25, 0.3) is 0 Å². The predicted octanol–water partition coefficient (Wildman–Crippen LogP) is 0.533. The Morgan fingerprint density at radius 2 is 2.08 bits per heavy atom. The quantitative estimate of drug-likeness (QED) is 0.407. The molecule has 3 N–H and O–H groups in total. The van der Waals surface area contributed by atoms with Crippen LogP contribution in [0.3, 0.4) is 0 Å². The Kier molecular flexibility index (Phi) is 3.83. The summed E-state index contributed by atoms with van der Waals surface area (Å²) in [5, 5.41) is 9.22. The van der Waals surface area contributed by atoms with Gasteiger partial charge in [-0.2, -0.15) is 0 Å². The van der Waals surface area contributed by atoms with E-state index >= 15 is 0 Å². The fraction of sp³-hybridized carbons (Fsp3) is 0.429. The van der Waals surface area contributed by atoms with Gasteiger partial charge in [-0.05, 0) is 6.42 Å². The van der Waals surface area contributed by atoms with Crippen molar-refractivity contribution in [3.8, 4) is 0 Å². The minimum Gasteiger partial charge on any atom is -0.396 e. The van der Waals surface area contributed by atoms with Gasteiger partial charge in [-0.3, -0.25) is 0 Å². The van der Waals surface area contributed by atoms with E-state index in [-0.39, 0.29) is 6.61 Å². The van der Waals surface area contributed by atoms with Crippen molar-refractivity contribution in [2.45, 2.75) is 11.6 Å². The second-order valence-corrected chi connectivity index (χ2v) is 3.29. The Labute approximate surface area is 75.2 Å². The summed E-state index contributed by atoms with van der Waals surface area (Å²) in [6.45, 7) is 0.210. The number of nitrogens with two attached hydrogens (primary N) is 1. The molecule has 0 saturated carbocycles. The highest BCUT2D eigenvalue weighted by Gasteiger charge is 1.95. The van der Waals surface area contributed by atoms with Crippen molar-refractivity contribution < 1.29 is 5.11 Å². The summed E-state index contributed by atoms with van der Waals surface area (Å²) in [5.74, 6) is 0.834. The zero-order valence-electron chi connectivity index (χ0n) is 6.60. The van der Waals surface area contributed by atoms with E-state index in [4.69, 9.17) is 10.8 Å². The summed E-state index contributed by atoms with van der Waals surface area (Å²) >= 11 is 1.52. The first-order valence-corrected chi connectivity index (χ1v) is 4.62. The number of nitrogen functional groups attached to an aromatic ring is 1. The summed E-state index contributed by atoms with van der Waals surface area (Å²) in [7, 11) is 0. The second kappa shape index (κ2) is 4.95. The zero-order chi connectivity index (χ0) is 8.81. The normalized spacial score (nSPS) is 10.1. The van der Waals surface area contributed by atoms with Crippen LogP contribution >= 0.6 is 11.8 Å². The van der Waals surface area contributed by atoms with Crippen LogP contribution in [0, 0.1) is 0 Å². The van der Waals surface area contributed by atoms with Crippen LogP contribution in [-0.2, 0) is 0 Å². The van der Waals surface area contributed by atoms with Crippen LogP contribution in [-0.4, -0.2) is 27.4 Å². The lowest BCUT2D eigenvalue weighted by Crippen LogP contribution is -1.92. The van der Waals surface area contributed by atoms with Gasteiger partial charge in [-0.25, -0.2) is 9.97 Å². The third-order valence-corrected chi connectivity index (χ3v) is 2.14. The lowest BCUT2D eigenvalue weighted by atomic mass is 10.5. The molecule has 0 aliphatic carbocycles. The maximum Gasteiger partial charge on any atom is 0.187 e. The molecule has 0 aliphatic rings. The molecule has 4 nitrogen and oxygen atoms in total. The molecule has 0 bridgehead atoms. The number of anilines is 1. The number of thioether (sulfide) groups is 1. The SMILES string of the molecule is Nc1cnc(SCCCO)nc1. The monoisotopic (exact) mass is 185 g/mol. The van der Waals surface area contributed by atoms with Crippen LogP contribution in [0.5, 0.6) is 0 Å². The minimum absolute atomic E-state index is 0.210. The number of hydrogen-bond acceptors (Lipinski definition) is 5. The number of aliphatic hydroxyl groups excluding tert-OH is 1. The molecule has 12 heavy (non-hydrogen) atoms. The van der Waals surface area contributed by atoms with Gasteiger partial charge in [0.1, 0.15) is 0 Å². The Balaban J connectivity index is 2.37. The number of nitrogens with zero attached hydrogens (tertiary/aromatic N) is 2. The summed E-state index contributed by atoms with van der Waals surface area (Å²) in [6.07, 6.45) is 3.92. The highest BCUT2D eigenvalue weighted by atomic mass is 32.2. The molecule has 0 aliphatic heterocycles. The van der Waals surface area contributed by atoms with Gasteiger partial charge in [-0.15, -0.1) is 0 Å². The molecule has 0 saturated heterocycles. The van der Waals surface area contributed by atoms with E-state index in [1.807, 2.05) is 0 Å². The van der Waals surface area contributed by atoms with Gasteiger partial charge in [0.15, 0.2) is 5.16 Å². The summed E-state index contributed by atoms with van der Waals surface area (Å²) in [4.78, 5) is 7.99. The standard InChI is InChI=1S/C7H11N3OS/c8-6-4-9-7(10-5-6)12-3-1-2-11/h4-5,11H,1-3,8H2. The summed E-state index contributed by atoms with van der Waals surface area (Å²) in [5.41, 5.74) is 5.98. The third-order valence-electron chi connectivity index (χ3n) is 1.18. The van der Waals surface area contributed by atoms with E-state index in [1.165, 1.54) is 11.8 Å². The van der Waals surface area contributed by atoms with E-state index in [1.54, 1.807) is 12.4 Å². The Morgan fingerprint density at radius 1 is 1.42 bits per heavy atom. The molecule has 66 valence electrons. The largest absolute Gasteiger partial charge is 0.396 e. The number of aromatic nitrogens is 2. The van der Waals surface area contributed by atoms with Gasteiger partial charge >= 0.3 is 0 Å². The van der Waals surface area contributed by atoms with Gasteiger partial charge in [0.05, 0.1) is 18.1 Å². The van der Waals surface area contributed by atoms with Crippen molar-refractivity contribution in [2.24, 2.45) is 0 Å². The number of hydrogen-bond donors (Lipinski definition) is 2. The van der Waals surface area contributed by atoms with Crippen molar-refractivity contribution in [2.75, 3.05) is 18.1 Å². The van der Waals surface area contributed by atoms with Crippen LogP contribution in [0.15, 0.2) is 17.6 Å². The van der Waals surface area contributed by atoms with E-state index < -0.39 is 0 Å². The lowest BCUT2D eigenvalue weighted by molar-refractivity contribution is 0.296. The fourth-order valence-corrected chi connectivity index (χ4v) is 1.34. The molecule has 0 radical (unpaired) electrons. The first kappa shape index (κ1) is 9.28. The van der Waals surface area contributed by atoms with Gasteiger partial charge < -0.3 is 10.8 Å². The molecular weight excluding hydrogens is 174 g/mol. The average molecular weight is 185 g/mol. The predicted molar refractivity (Wildman–Crippen MR) is 48.9 cm³/mol. The zero-order valence-corrected chi connectivity index (χ0v) is 7.42. The fourth-order valence-electron chi connectivity index (χ4n) is 0.629. The van der Waals surface area contributed by atoms with Crippen LogP contribution < -0.4 is 5.73 Å². The molecule has 0 aromatic carbocycles. The summed E-state index contributed by atoms with van der Waals surface area (Å²) in [6, 6.07) is 0. The molecule has 0 fully saturated rings. The third kappa shape index (κ3) is 3.06. The van der Waals surface area contributed by atoms with Gasteiger partial charge in [0.25, 0.3) is 0 Å². The highest BCUT2D eigenvalue weighted by Crippen LogP contribution is 2.12. The molecule has 1 rings (SSSR count). The van der Waals surface area contributed by atoms with Crippen molar-refractivity contribution in [3.05, 3.63) is 12.4 Å². The molecule has 1 aromatic heterocycles. The average Bonchev–Trinajstić information content (AvgIpc) is 2.09. The Morgan fingerprint density at radius 3 is 2.67 bits per heavy atom.